The van der Waals surface area contributed by atoms with E-state index in [0.717, 1.165) is 43.4 Å². The molecule has 0 spiro atoms. The molecule has 4 heteroatoms. The molecule has 0 saturated carbocycles. The Balaban J connectivity index is 2.34. The number of aromatic nitrogens is 1. The summed E-state index contributed by atoms with van der Waals surface area (Å²) in [6, 6.07) is 4.20. The van der Waals surface area contributed by atoms with Crippen molar-refractivity contribution in [2.75, 3.05) is 31.2 Å². The Morgan fingerprint density at radius 1 is 1.28 bits per heavy atom. The van der Waals surface area contributed by atoms with E-state index < -0.39 is 0 Å². The normalized spacial score (nSPS) is 17.0. The Morgan fingerprint density at radius 2 is 1.94 bits per heavy atom. The summed E-state index contributed by atoms with van der Waals surface area (Å²) in [6.45, 7) is 9.89. The number of anilines is 1. The van der Waals surface area contributed by atoms with Crippen LogP contribution in [0.3, 0.4) is 0 Å². The van der Waals surface area contributed by atoms with Gasteiger partial charge in [-0.05, 0) is 17.7 Å². The molecule has 0 N–H and O–H groups in total. The molecule has 0 unspecified atom stereocenters. The van der Waals surface area contributed by atoms with Gasteiger partial charge in [0.25, 0.3) is 0 Å². The summed E-state index contributed by atoms with van der Waals surface area (Å²) in [5, 5.41) is 0. The molecular formula is C14H21ClN2O. The lowest BCUT2D eigenvalue weighted by Gasteiger charge is -2.29. The Hall–Kier alpha value is -0.800. The first-order valence-corrected chi connectivity index (χ1v) is 6.94. The van der Waals surface area contributed by atoms with Crippen LogP contribution < -0.4 is 4.90 Å². The second-order valence-corrected chi connectivity index (χ2v) is 5.97. The maximum atomic E-state index is 5.99. The molecule has 1 aromatic heterocycles. The van der Waals surface area contributed by atoms with Gasteiger partial charge in [-0.15, -0.1) is 11.6 Å². The molecule has 1 aromatic rings. The van der Waals surface area contributed by atoms with E-state index in [4.69, 9.17) is 21.3 Å². The van der Waals surface area contributed by atoms with Crippen molar-refractivity contribution in [2.24, 2.45) is 0 Å². The summed E-state index contributed by atoms with van der Waals surface area (Å²) < 4.78 is 5.38. The molecule has 1 aliphatic rings. The topological polar surface area (TPSA) is 25.4 Å². The van der Waals surface area contributed by atoms with E-state index in [1.165, 1.54) is 0 Å². The minimum Gasteiger partial charge on any atom is -0.378 e. The smallest absolute Gasteiger partial charge is 0.129 e. The Bertz CT molecular complexity index is 409. The number of morpholine rings is 1. The summed E-state index contributed by atoms with van der Waals surface area (Å²) in [7, 11) is 0. The van der Waals surface area contributed by atoms with Gasteiger partial charge in [-0.1, -0.05) is 20.8 Å². The maximum Gasteiger partial charge on any atom is 0.129 e. The quantitative estimate of drug-likeness (QED) is 0.771. The molecule has 0 bridgehead atoms. The molecule has 0 radical (unpaired) electrons. The van der Waals surface area contributed by atoms with Crippen LogP contribution in [0.1, 0.15) is 32.0 Å². The summed E-state index contributed by atoms with van der Waals surface area (Å²) in [6.07, 6.45) is 0. The SMILES string of the molecule is CC(C)(C)c1cc(CCl)cc(N2CCOCC2)n1. The summed E-state index contributed by atoms with van der Waals surface area (Å²) in [5.41, 5.74) is 2.28. The highest BCUT2D eigenvalue weighted by Gasteiger charge is 2.20. The van der Waals surface area contributed by atoms with Crippen LogP contribution in [0, 0.1) is 0 Å². The number of halogens is 1. The zero-order valence-corrected chi connectivity index (χ0v) is 12.1. The molecule has 0 atom stereocenters. The number of rotatable bonds is 2. The highest BCUT2D eigenvalue weighted by Crippen LogP contribution is 2.25. The second-order valence-electron chi connectivity index (χ2n) is 5.70. The van der Waals surface area contributed by atoms with E-state index in [-0.39, 0.29) is 5.41 Å². The lowest BCUT2D eigenvalue weighted by molar-refractivity contribution is 0.122. The van der Waals surface area contributed by atoms with Crippen LogP contribution >= 0.6 is 11.6 Å². The largest absolute Gasteiger partial charge is 0.378 e. The van der Waals surface area contributed by atoms with Crippen LogP contribution in [0.2, 0.25) is 0 Å². The molecule has 0 aromatic carbocycles. The number of alkyl halides is 1. The number of hydrogen-bond donors (Lipinski definition) is 0. The molecule has 1 fully saturated rings. The van der Waals surface area contributed by atoms with Crippen molar-refractivity contribution < 1.29 is 4.74 Å². The van der Waals surface area contributed by atoms with Gasteiger partial charge in [0.1, 0.15) is 5.82 Å². The third kappa shape index (κ3) is 3.15. The van der Waals surface area contributed by atoms with Gasteiger partial charge in [-0.2, -0.15) is 0 Å². The van der Waals surface area contributed by atoms with Gasteiger partial charge in [0.05, 0.1) is 13.2 Å². The highest BCUT2D eigenvalue weighted by atomic mass is 35.5. The van der Waals surface area contributed by atoms with Crippen molar-refractivity contribution in [1.29, 1.82) is 0 Å². The third-order valence-electron chi connectivity index (χ3n) is 3.13. The minimum absolute atomic E-state index is 0.0447. The zero-order valence-electron chi connectivity index (χ0n) is 11.4. The third-order valence-corrected chi connectivity index (χ3v) is 3.44. The summed E-state index contributed by atoms with van der Waals surface area (Å²) in [5.74, 6) is 1.56. The van der Waals surface area contributed by atoms with Gasteiger partial charge in [0.2, 0.25) is 0 Å². The Morgan fingerprint density at radius 3 is 2.50 bits per heavy atom. The zero-order chi connectivity index (χ0) is 13.2. The molecule has 2 rings (SSSR count). The number of pyridine rings is 1. The van der Waals surface area contributed by atoms with E-state index in [2.05, 4.69) is 37.8 Å². The molecule has 0 aliphatic carbocycles. The number of nitrogens with zero attached hydrogens (tertiary/aromatic N) is 2. The van der Waals surface area contributed by atoms with Crippen molar-refractivity contribution in [1.82, 2.24) is 4.98 Å². The highest BCUT2D eigenvalue weighted by molar-refractivity contribution is 6.17. The molecule has 2 heterocycles. The van der Waals surface area contributed by atoms with Crippen LogP contribution in [0.5, 0.6) is 0 Å². The van der Waals surface area contributed by atoms with Crippen molar-refractivity contribution in [2.45, 2.75) is 32.1 Å². The van der Waals surface area contributed by atoms with Crippen LogP contribution in [0.25, 0.3) is 0 Å². The van der Waals surface area contributed by atoms with Gasteiger partial charge in [0.15, 0.2) is 0 Å². The standard InChI is InChI=1S/C14H21ClN2O/c1-14(2,3)12-8-11(10-15)9-13(16-12)17-4-6-18-7-5-17/h8-9H,4-7,10H2,1-3H3. The molecule has 0 amide bonds. The first kappa shape index (κ1) is 13.6. The average Bonchev–Trinajstić information content (AvgIpc) is 2.38. The van der Waals surface area contributed by atoms with E-state index in [0.29, 0.717) is 5.88 Å². The lowest BCUT2D eigenvalue weighted by atomic mass is 9.91. The lowest BCUT2D eigenvalue weighted by Crippen LogP contribution is -2.37. The van der Waals surface area contributed by atoms with Gasteiger partial charge in [-0.25, -0.2) is 4.98 Å². The van der Waals surface area contributed by atoms with Crippen LogP contribution in [-0.2, 0) is 16.0 Å². The molecule has 3 nitrogen and oxygen atoms in total. The molecular weight excluding hydrogens is 248 g/mol. The van der Waals surface area contributed by atoms with Crippen molar-refractivity contribution >= 4 is 17.4 Å². The Labute approximate surface area is 114 Å². The fraction of sp³-hybridized carbons (Fsp3) is 0.643. The predicted octanol–water partition coefficient (Wildman–Crippen LogP) is 2.95. The fourth-order valence-corrected chi connectivity index (χ4v) is 2.14. The van der Waals surface area contributed by atoms with Gasteiger partial charge < -0.3 is 9.64 Å². The maximum absolute atomic E-state index is 5.99. The summed E-state index contributed by atoms with van der Waals surface area (Å²) in [4.78, 5) is 7.06. The van der Waals surface area contributed by atoms with E-state index in [1.54, 1.807) is 0 Å². The minimum atomic E-state index is 0.0447. The van der Waals surface area contributed by atoms with Crippen molar-refractivity contribution in [3.63, 3.8) is 0 Å². The summed E-state index contributed by atoms with van der Waals surface area (Å²) >= 11 is 5.99. The monoisotopic (exact) mass is 268 g/mol. The van der Waals surface area contributed by atoms with Crippen LogP contribution in [0.15, 0.2) is 12.1 Å². The van der Waals surface area contributed by atoms with Crippen LogP contribution in [0.4, 0.5) is 5.82 Å². The first-order valence-electron chi connectivity index (χ1n) is 6.41. The van der Waals surface area contributed by atoms with E-state index >= 15 is 0 Å². The molecule has 100 valence electrons. The predicted molar refractivity (Wildman–Crippen MR) is 75.5 cm³/mol. The van der Waals surface area contributed by atoms with Gasteiger partial charge in [-0.3, -0.25) is 0 Å². The molecule has 1 aliphatic heterocycles. The van der Waals surface area contributed by atoms with E-state index in [1.807, 2.05) is 0 Å². The first-order chi connectivity index (χ1) is 8.50. The van der Waals surface area contributed by atoms with E-state index in [9.17, 15) is 0 Å². The van der Waals surface area contributed by atoms with Crippen molar-refractivity contribution in [3.05, 3.63) is 23.4 Å². The molecule has 1 saturated heterocycles. The second kappa shape index (κ2) is 5.45. The van der Waals surface area contributed by atoms with Gasteiger partial charge in [0, 0.05) is 30.1 Å². The Kier molecular flexibility index (Phi) is 4.13. The number of ether oxygens (including phenoxy) is 1. The van der Waals surface area contributed by atoms with Crippen molar-refractivity contribution in [3.8, 4) is 0 Å². The molecule has 18 heavy (non-hydrogen) atoms. The van der Waals surface area contributed by atoms with Gasteiger partial charge >= 0.3 is 0 Å². The fourth-order valence-electron chi connectivity index (χ4n) is 1.99. The number of hydrogen-bond acceptors (Lipinski definition) is 3. The average molecular weight is 269 g/mol. The van der Waals surface area contributed by atoms with Crippen LogP contribution in [-0.4, -0.2) is 31.3 Å².